The third-order valence-electron chi connectivity index (χ3n) is 4.60. The smallest absolute Gasteiger partial charge is 0.299 e. The van der Waals surface area contributed by atoms with Gasteiger partial charge >= 0.3 is 0 Å². The van der Waals surface area contributed by atoms with Crippen molar-refractivity contribution in [3.8, 4) is 0 Å². The Morgan fingerprint density at radius 3 is 2.35 bits per heavy atom. The van der Waals surface area contributed by atoms with Crippen molar-refractivity contribution in [3.05, 3.63) is 11.8 Å². The Kier molecular flexibility index (Phi) is 7.72. The predicted molar refractivity (Wildman–Crippen MR) is 101 cm³/mol. The van der Waals surface area contributed by atoms with Crippen LogP contribution < -0.4 is 4.72 Å². The third-order valence-corrected chi connectivity index (χ3v) is 5.14. The normalized spacial score (nSPS) is 26.9. The van der Waals surface area contributed by atoms with Gasteiger partial charge in [-0.05, 0) is 32.6 Å². The van der Waals surface area contributed by atoms with Crippen LogP contribution in [0.2, 0.25) is 0 Å². The van der Waals surface area contributed by atoms with Crippen LogP contribution in [0, 0.1) is 0 Å². The molecule has 2 rings (SSSR count). The lowest BCUT2D eigenvalue weighted by Crippen LogP contribution is -2.42. The molecule has 9 heteroatoms. The molecule has 2 aliphatic rings. The fraction of sp³-hybridized carbons (Fsp3) is 0.824. The Morgan fingerprint density at radius 2 is 1.85 bits per heavy atom. The van der Waals surface area contributed by atoms with Crippen LogP contribution in [0.15, 0.2) is 16.8 Å². The molecule has 3 atom stereocenters. The van der Waals surface area contributed by atoms with E-state index in [0.717, 1.165) is 37.6 Å². The Labute approximate surface area is 156 Å². The molecule has 0 aromatic rings. The van der Waals surface area contributed by atoms with Crippen LogP contribution in [-0.4, -0.2) is 77.8 Å². The van der Waals surface area contributed by atoms with Crippen molar-refractivity contribution in [1.82, 2.24) is 9.62 Å². The lowest BCUT2D eigenvalue weighted by atomic mass is 10.1. The zero-order chi connectivity index (χ0) is 19.2. The summed E-state index contributed by atoms with van der Waals surface area (Å²) in [6, 6.07) is 0.474. The van der Waals surface area contributed by atoms with Crippen molar-refractivity contribution >= 4 is 16.0 Å². The standard InChI is InChI=1S/C17H31N3O5S/c1-5-25-17(19-26(4,21)22)18-15-7-6-8-16(15)20-13(11-23-2)9-10-14(20)12-24-3/h8,13-15H,5-7,9-12H2,1-4H3,(H,18,19)/t13-,14-,15+/m1/s1. The highest BCUT2D eigenvalue weighted by molar-refractivity contribution is 7.89. The van der Waals surface area contributed by atoms with E-state index >= 15 is 0 Å². The van der Waals surface area contributed by atoms with E-state index in [1.807, 2.05) is 0 Å². The number of aliphatic imine (C=N–C) groups is 1. The van der Waals surface area contributed by atoms with E-state index in [1.165, 1.54) is 0 Å². The van der Waals surface area contributed by atoms with Gasteiger partial charge in [0.05, 0.1) is 44.2 Å². The molecule has 1 N–H and O–H groups in total. The average molecular weight is 390 g/mol. The number of rotatable bonds is 8. The molecule has 0 bridgehead atoms. The number of amidine groups is 1. The summed E-state index contributed by atoms with van der Waals surface area (Å²) in [5.41, 5.74) is 1.11. The molecule has 1 aliphatic heterocycles. The van der Waals surface area contributed by atoms with Gasteiger partial charge in [-0.3, -0.25) is 0 Å². The summed E-state index contributed by atoms with van der Waals surface area (Å²) in [7, 11) is -0.0173. The maximum Gasteiger partial charge on any atom is 0.299 e. The van der Waals surface area contributed by atoms with Gasteiger partial charge in [-0.15, -0.1) is 0 Å². The second kappa shape index (κ2) is 9.57. The molecule has 0 radical (unpaired) electrons. The number of nitrogens with zero attached hydrogens (tertiary/aromatic N) is 2. The van der Waals surface area contributed by atoms with Crippen LogP contribution in [0.1, 0.15) is 32.6 Å². The highest BCUT2D eigenvalue weighted by Crippen LogP contribution is 2.35. The Hall–Kier alpha value is -1.32. The minimum atomic E-state index is -3.44. The van der Waals surface area contributed by atoms with Crippen LogP contribution >= 0.6 is 0 Å². The number of methoxy groups -OCH3 is 2. The summed E-state index contributed by atoms with van der Waals surface area (Å²) in [5, 5.41) is 0. The lowest BCUT2D eigenvalue weighted by Gasteiger charge is -2.35. The van der Waals surface area contributed by atoms with Gasteiger partial charge < -0.3 is 19.1 Å². The number of hydrogen-bond donors (Lipinski definition) is 1. The minimum absolute atomic E-state index is 0.0542. The minimum Gasteiger partial charge on any atom is -0.465 e. The molecular weight excluding hydrogens is 358 g/mol. The largest absolute Gasteiger partial charge is 0.465 e. The van der Waals surface area contributed by atoms with Crippen molar-refractivity contribution < 1.29 is 22.6 Å². The molecule has 26 heavy (non-hydrogen) atoms. The lowest BCUT2D eigenvalue weighted by molar-refractivity contribution is 0.0814. The number of ether oxygens (including phenoxy) is 3. The Morgan fingerprint density at radius 1 is 1.23 bits per heavy atom. The maximum absolute atomic E-state index is 11.6. The molecule has 1 heterocycles. The summed E-state index contributed by atoms with van der Waals surface area (Å²) >= 11 is 0. The number of sulfonamides is 1. The molecule has 1 aliphatic carbocycles. The molecule has 0 saturated carbocycles. The van der Waals surface area contributed by atoms with Crippen LogP contribution in [-0.2, 0) is 24.2 Å². The van der Waals surface area contributed by atoms with Gasteiger partial charge in [-0.1, -0.05) is 6.08 Å². The topological polar surface area (TPSA) is 89.5 Å². The quantitative estimate of drug-likeness (QED) is 0.494. The molecule has 0 aromatic heterocycles. The monoisotopic (exact) mass is 389 g/mol. The number of likely N-dealkylation sites (tertiary alicyclic amines) is 1. The van der Waals surface area contributed by atoms with E-state index in [9.17, 15) is 8.42 Å². The van der Waals surface area contributed by atoms with Crippen molar-refractivity contribution in [1.29, 1.82) is 0 Å². The molecule has 0 amide bonds. The molecule has 8 nitrogen and oxygen atoms in total. The molecule has 150 valence electrons. The van der Waals surface area contributed by atoms with Gasteiger partial charge in [0.25, 0.3) is 6.02 Å². The van der Waals surface area contributed by atoms with Gasteiger partial charge in [-0.2, -0.15) is 0 Å². The van der Waals surface area contributed by atoms with Crippen LogP contribution in [0.25, 0.3) is 0 Å². The van der Waals surface area contributed by atoms with Crippen molar-refractivity contribution in [3.63, 3.8) is 0 Å². The summed E-state index contributed by atoms with van der Waals surface area (Å²) in [5.74, 6) is 0. The summed E-state index contributed by atoms with van der Waals surface area (Å²) in [6.45, 7) is 3.44. The molecule has 0 spiro atoms. The predicted octanol–water partition coefficient (Wildman–Crippen LogP) is 1.10. The zero-order valence-corrected chi connectivity index (χ0v) is 16.9. The Bertz CT molecular complexity index is 606. The van der Waals surface area contributed by atoms with E-state index in [1.54, 1.807) is 21.1 Å². The first kappa shape index (κ1) is 21.0. The maximum atomic E-state index is 11.6. The highest BCUT2D eigenvalue weighted by Gasteiger charge is 2.38. The van der Waals surface area contributed by atoms with E-state index < -0.39 is 10.0 Å². The molecule has 1 fully saturated rings. The molecular formula is C17H31N3O5S. The molecule has 0 unspecified atom stereocenters. The second-order valence-corrected chi connectivity index (χ2v) is 8.42. The van der Waals surface area contributed by atoms with E-state index in [-0.39, 0.29) is 24.1 Å². The van der Waals surface area contributed by atoms with Gasteiger partial charge in [0.15, 0.2) is 0 Å². The Balaban J connectivity index is 2.24. The van der Waals surface area contributed by atoms with Crippen LogP contribution in [0.5, 0.6) is 0 Å². The summed E-state index contributed by atoms with van der Waals surface area (Å²) in [6.07, 6.45) is 7.08. The summed E-state index contributed by atoms with van der Waals surface area (Å²) in [4.78, 5) is 6.94. The zero-order valence-electron chi connectivity index (χ0n) is 16.1. The van der Waals surface area contributed by atoms with Gasteiger partial charge in [0, 0.05) is 19.9 Å². The highest BCUT2D eigenvalue weighted by atomic mass is 32.2. The van der Waals surface area contributed by atoms with Gasteiger partial charge in [0.2, 0.25) is 10.0 Å². The first-order valence-corrected chi connectivity index (χ1v) is 10.9. The van der Waals surface area contributed by atoms with Crippen molar-refractivity contribution in [2.75, 3.05) is 40.3 Å². The fourth-order valence-electron chi connectivity index (χ4n) is 3.71. The van der Waals surface area contributed by atoms with Gasteiger partial charge in [-0.25, -0.2) is 18.1 Å². The number of hydrogen-bond acceptors (Lipinski definition) is 7. The average Bonchev–Trinajstić information content (AvgIpc) is 3.14. The number of allylic oxidation sites excluding steroid dienone is 1. The summed E-state index contributed by atoms with van der Waals surface area (Å²) < 4.78 is 41.7. The van der Waals surface area contributed by atoms with Crippen LogP contribution in [0.4, 0.5) is 0 Å². The van der Waals surface area contributed by atoms with Crippen LogP contribution in [0.3, 0.4) is 0 Å². The van der Waals surface area contributed by atoms with Crippen molar-refractivity contribution in [2.45, 2.75) is 50.7 Å². The fourth-order valence-corrected chi connectivity index (χ4v) is 4.13. The van der Waals surface area contributed by atoms with Gasteiger partial charge in [0.1, 0.15) is 0 Å². The van der Waals surface area contributed by atoms with E-state index in [0.29, 0.717) is 19.8 Å². The SMILES string of the molecule is CCOC(=N[C@H]1CCC=C1N1[C@@H](COC)CC[C@@H]1COC)NS(C)(=O)=O. The molecule has 1 saturated heterocycles. The third kappa shape index (κ3) is 5.59. The second-order valence-electron chi connectivity index (χ2n) is 6.67. The first-order chi connectivity index (χ1) is 12.4. The number of nitrogens with one attached hydrogen (secondary N) is 1. The molecule has 0 aromatic carbocycles. The van der Waals surface area contributed by atoms with E-state index in [2.05, 4.69) is 20.7 Å². The van der Waals surface area contributed by atoms with Crippen molar-refractivity contribution in [2.24, 2.45) is 4.99 Å². The van der Waals surface area contributed by atoms with E-state index in [4.69, 9.17) is 14.2 Å². The first-order valence-electron chi connectivity index (χ1n) is 9.04.